The van der Waals surface area contributed by atoms with Gasteiger partial charge in [-0.3, -0.25) is 9.59 Å². The van der Waals surface area contributed by atoms with Crippen molar-refractivity contribution in [2.45, 2.75) is 32.7 Å². The second-order valence-electron chi connectivity index (χ2n) is 4.35. The first kappa shape index (κ1) is 12.5. The second-order valence-corrected chi connectivity index (χ2v) is 4.35. The van der Waals surface area contributed by atoms with Gasteiger partial charge >= 0.3 is 0 Å². The zero-order valence-electron chi connectivity index (χ0n) is 10.5. The Morgan fingerprint density at radius 1 is 1.50 bits per heavy atom. The van der Waals surface area contributed by atoms with E-state index in [1.165, 1.54) is 0 Å². The molecule has 7 heteroatoms. The van der Waals surface area contributed by atoms with E-state index < -0.39 is 6.04 Å². The van der Waals surface area contributed by atoms with Gasteiger partial charge in [0.15, 0.2) is 5.82 Å². The van der Waals surface area contributed by atoms with Gasteiger partial charge in [0.05, 0.1) is 0 Å². The molecule has 1 saturated heterocycles. The summed E-state index contributed by atoms with van der Waals surface area (Å²) in [6, 6.07) is -0.468. The van der Waals surface area contributed by atoms with Crippen LogP contribution in [-0.2, 0) is 16.0 Å². The average Bonchev–Trinajstić information content (AvgIpc) is 2.69. The summed E-state index contributed by atoms with van der Waals surface area (Å²) >= 11 is 0. The van der Waals surface area contributed by atoms with Crippen molar-refractivity contribution in [3.8, 4) is 0 Å². The average molecular weight is 252 g/mol. The molecule has 1 aliphatic heterocycles. The second kappa shape index (κ2) is 5.16. The van der Waals surface area contributed by atoms with E-state index in [0.717, 1.165) is 0 Å². The highest BCUT2D eigenvalue weighted by Gasteiger charge is 2.26. The zero-order valence-corrected chi connectivity index (χ0v) is 10.5. The lowest BCUT2D eigenvalue weighted by molar-refractivity contribution is -0.133. The minimum atomic E-state index is -0.468. The highest BCUT2D eigenvalue weighted by atomic mass is 16.5. The van der Waals surface area contributed by atoms with Crippen LogP contribution >= 0.6 is 0 Å². The van der Waals surface area contributed by atoms with Gasteiger partial charge in [0.2, 0.25) is 17.7 Å². The molecule has 1 aromatic heterocycles. The number of nitrogens with one attached hydrogen (secondary N) is 1. The fourth-order valence-corrected chi connectivity index (χ4v) is 1.89. The smallest absolute Gasteiger partial charge is 0.244 e. The van der Waals surface area contributed by atoms with Crippen molar-refractivity contribution in [3.05, 3.63) is 11.7 Å². The zero-order chi connectivity index (χ0) is 13.1. The van der Waals surface area contributed by atoms with E-state index in [2.05, 4.69) is 15.5 Å². The first-order chi connectivity index (χ1) is 8.56. The predicted molar refractivity (Wildman–Crippen MR) is 61.5 cm³/mol. The van der Waals surface area contributed by atoms with Crippen molar-refractivity contribution in [1.29, 1.82) is 0 Å². The van der Waals surface area contributed by atoms with Crippen LogP contribution in [0.3, 0.4) is 0 Å². The van der Waals surface area contributed by atoms with Gasteiger partial charge in [-0.1, -0.05) is 5.16 Å². The van der Waals surface area contributed by atoms with Crippen LogP contribution in [0.2, 0.25) is 0 Å². The van der Waals surface area contributed by atoms with Crippen LogP contribution in [0.25, 0.3) is 0 Å². The number of rotatable bonds is 3. The van der Waals surface area contributed by atoms with Crippen molar-refractivity contribution in [2.75, 3.05) is 13.1 Å². The molecule has 98 valence electrons. The molecule has 1 unspecified atom stereocenters. The predicted octanol–water partition coefficient (Wildman–Crippen LogP) is -0.342. The number of amides is 2. The normalized spacial score (nSPS) is 20.8. The molecule has 1 fully saturated rings. The third kappa shape index (κ3) is 2.85. The van der Waals surface area contributed by atoms with Gasteiger partial charge in [-0.25, -0.2) is 0 Å². The van der Waals surface area contributed by atoms with E-state index >= 15 is 0 Å². The quantitative estimate of drug-likeness (QED) is 0.795. The standard InChI is InChI=1S/C11H16N4O3/c1-7-11(17)15(5-3-9(16)12-7)6-4-10-13-8(2)14-18-10/h7H,3-6H2,1-2H3,(H,12,16). The third-order valence-electron chi connectivity index (χ3n) is 2.83. The Kier molecular flexibility index (Phi) is 3.59. The van der Waals surface area contributed by atoms with Crippen molar-refractivity contribution in [3.63, 3.8) is 0 Å². The monoisotopic (exact) mass is 252 g/mol. The maximum Gasteiger partial charge on any atom is 0.244 e. The molecule has 7 nitrogen and oxygen atoms in total. The van der Waals surface area contributed by atoms with E-state index in [-0.39, 0.29) is 11.8 Å². The molecule has 0 radical (unpaired) electrons. The maximum atomic E-state index is 12.0. The molecular weight excluding hydrogens is 236 g/mol. The van der Waals surface area contributed by atoms with Crippen molar-refractivity contribution < 1.29 is 14.1 Å². The Hall–Kier alpha value is -1.92. The molecule has 0 saturated carbocycles. The van der Waals surface area contributed by atoms with Crippen LogP contribution in [0.4, 0.5) is 0 Å². The first-order valence-electron chi connectivity index (χ1n) is 5.93. The minimum Gasteiger partial charge on any atom is -0.345 e. The SMILES string of the molecule is Cc1noc(CCN2CCC(=O)NC(C)C2=O)n1. The summed E-state index contributed by atoms with van der Waals surface area (Å²) in [6.07, 6.45) is 0.840. The molecule has 18 heavy (non-hydrogen) atoms. The number of aryl methyl sites for hydroxylation is 1. The van der Waals surface area contributed by atoms with Gasteiger partial charge in [-0.05, 0) is 13.8 Å². The van der Waals surface area contributed by atoms with Gasteiger partial charge in [0.25, 0.3) is 0 Å². The van der Waals surface area contributed by atoms with Crippen LogP contribution in [0.5, 0.6) is 0 Å². The molecule has 1 aromatic rings. The summed E-state index contributed by atoms with van der Waals surface area (Å²) in [5, 5.41) is 6.33. The Morgan fingerprint density at radius 3 is 2.94 bits per heavy atom. The third-order valence-corrected chi connectivity index (χ3v) is 2.83. The molecule has 1 atom stereocenters. The molecule has 2 heterocycles. The summed E-state index contributed by atoms with van der Waals surface area (Å²) in [5.41, 5.74) is 0. The fraction of sp³-hybridized carbons (Fsp3) is 0.636. The molecule has 0 aliphatic carbocycles. The fourth-order valence-electron chi connectivity index (χ4n) is 1.89. The van der Waals surface area contributed by atoms with Crippen LogP contribution in [0, 0.1) is 6.92 Å². The van der Waals surface area contributed by atoms with Gasteiger partial charge in [0, 0.05) is 25.9 Å². The minimum absolute atomic E-state index is 0.0721. The van der Waals surface area contributed by atoms with Crippen LogP contribution < -0.4 is 5.32 Å². The highest BCUT2D eigenvalue weighted by Crippen LogP contribution is 2.06. The molecule has 1 N–H and O–H groups in total. The number of carbonyl (C=O) groups excluding carboxylic acids is 2. The van der Waals surface area contributed by atoms with Crippen LogP contribution in [-0.4, -0.2) is 46.0 Å². The molecule has 0 aromatic carbocycles. The van der Waals surface area contributed by atoms with Gasteiger partial charge in [0.1, 0.15) is 6.04 Å². The lowest BCUT2D eigenvalue weighted by atomic mass is 10.3. The number of nitrogens with zero attached hydrogens (tertiary/aromatic N) is 3. The lowest BCUT2D eigenvalue weighted by Crippen LogP contribution is -2.43. The number of aromatic nitrogens is 2. The van der Waals surface area contributed by atoms with E-state index in [1.807, 2.05) is 0 Å². The Labute approximate surface area is 105 Å². The topological polar surface area (TPSA) is 88.3 Å². The van der Waals surface area contributed by atoms with Crippen molar-refractivity contribution in [1.82, 2.24) is 20.4 Å². The highest BCUT2D eigenvalue weighted by molar-refractivity contribution is 5.89. The largest absolute Gasteiger partial charge is 0.345 e. The summed E-state index contributed by atoms with van der Waals surface area (Å²) in [7, 11) is 0. The number of hydrogen-bond donors (Lipinski definition) is 1. The van der Waals surface area contributed by atoms with E-state index in [9.17, 15) is 9.59 Å². The molecule has 2 rings (SSSR count). The molecule has 0 spiro atoms. The molecule has 2 amide bonds. The van der Waals surface area contributed by atoms with Gasteiger partial charge in [-0.15, -0.1) is 0 Å². The van der Waals surface area contributed by atoms with Crippen LogP contribution in [0.15, 0.2) is 4.52 Å². The van der Waals surface area contributed by atoms with Crippen molar-refractivity contribution >= 4 is 11.8 Å². The Bertz CT molecular complexity index is 457. The van der Waals surface area contributed by atoms with E-state index in [1.54, 1.807) is 18.7 Å². The summed E-state index contributed by atoms with van der Waals surface area (Å²) in [5.74, 6) is 0.929. The first-order valence-corrected chi connectivity index (χ1v) is 5.93. The number of carbonyl (C=O) groups is 2. The summed E-state index contributed by atoms with van der Waals surface area (Å²) in [6.45, 7) is 4.35. The van der Waals surface area contributed by atoms with Crippen molar-refractivity contribution in [2.24, 2.45) is 0 Å². The summed E-state index contributed by atoms with van der Waals surface area (Å²) < 4.78 is 4.99. The molecular formula is C11H16N4O3. The van der Waals surface area contributed by atoms with E-state index in [4.69, 9.17) is 4.52 Å². The Morgan fingerprint density at radius 2 is 2.28 bits per heavy atom. The van der Waals surface area contributed by atoms with Gasteiger partial charge < -0.3 is 14.7 Å². The molecule has 0 bridgehead atoms. The Balaban J connectivity index is 1.95. The number of hydrogen-bond acceptors (Lipinski definition) is 5. The van der Waals surface area contributed by atoms with Crippen LogP contribution in [0.1, 0.15) is 25.1 Å². The maximum absolute atomic E-state index is 12.0. The lowest BCUT2D eigenvalue weighted by Gasteiger charge is -2.21. The van der Waals surface area contributed by atoms with E-state index in [0.29, 0.717) is 37.6 Å². The molecule has 1 aliphatic rings. The summed E-state index contributed by atoms with van der Waals surface area (Å²) in [4.78, 5) is 29.0. The van der Waals surface area contributed by atoms with Gasteiger partial charge in [-0.2, -0.15) is 4.98 Å².